The zero-order chi connectivity index (χ0) is 13.7. The fourth-order valence-electron chi connectivity index (χ4n) is 1.62. The van der Waals surface area contributed by atoms with Crippen molar-refractivity contribution in [1.82, 2.24) is 10.3 Å². The molecule has 0 saturated carbocycles. The van der Waals surface area contributed by atoms with E-state index < -0.39 is 11.9 Å². The van der Waals surface area contributed by atoms with Gasteiger partial charge in [0.25, 0.3) is 5.91 Å². The third-order valence-corrected chi connectivity index (χ3v) is 2.87. The number of nitrogens with zero attached hydrogens (tertiary/aromatic N) is 1. The summed E-state index contributed by atoms with van der Waals surface area (Å²) in [5, 5.41) is 3.32. The molecular formula is C14H12ClFN2O. The van der Waals surface area contributed by atoms with E-state index in [2.05, 4.69) is 10.3 Å². The molecule has 98 valence electrons. The monoisotopic (exact) mass is 278 g/mol. The molecule has 5 heteroatoms. The molecule has 0 unspecified atom stereocenters. The van der Waals surface area contributed by atoms with Crippen molar-refractivity contribution in [3.8, 4) is 0 Å². The predicted octanol–water partition coefficient (Wildman–Crippen LogP) is 2.85. The van der Waals surface area contributed by atoms with Gasteiger partial charge in [0.2, 0.25) is 5.95 Å². The lowest BCUT2D eigenvalue weighted by molar-refractivity contribution is 0.0949. The molecule has 0 atom stereocenters. The van der Waals surface area contributed by atoms with Gasteiger partial charge in [-0.1, -0.05) is 23.7 Å². The van der Waals surface area contributed by atoms with Crippen LogP contribution in [0.15, 0.2) is 42.6 Å². The van der Waals surface area contributed by atoms with Crippen LogP contribution in [0.5, 0.6) is 0 Å². The molecule has 1 aromatic carbocycles. The quantitative estimate of drug-likeness (QED) is 0.874. The van der Waals surface area contributed by atoms with Gasteiger partial charge in [0.15, 0.2) is 0 Å². The maximum Gasteiger partial charge on any atom is 0.255 e. The Morgan fingerprint density at radius 3 is 2.68 bits per heavy atom. The molecule has 0 aliphatic heterocycles. The van der Waals surface area contributed by atoms with Crippen molar-refractivity contribution < 1.29 is 9.18 Å². The van der Waals surface area contributed by atoms with Gasteiger partial charge >= 0.3 is 0 Å². The third-order valence-electron chi connectivity index (χ3n) is 2.62. The van der Waals surface area contributed by atoms with Crippen LogP contribution < -0.4 is 5.32 Å². The molecule has 0 aliphatic carbocycles. The van der Waals surface area contributed by atoms with Crippen LogP contribution in [0, 0.1) is 5.95 Å². The minimum absolute atomic E-state index is 0.0430. The number of hydrogen-bond acceptors (Lipinski definition) is 2. The van der Waals surface area contributed by atoms with Crippen LogP contribution in [0.25, 0.3) is 0 Å². The Labute approximate surface area is 115 Å². The van der Waals surface area contributed by atoms with E-state index in [1.165, 1.54) is 18.3 Å². The highest BCUT2D eigenvalue weighted by Crippen LogP contribution is 2.09. The van der Waals surface area contributed by atoms with Gasteiger partial charge in [0.05, 0.1) is 5.56 Å². The van der Waals surface area contributed by atoms with E-state index in [1.54, 1.807) is 12.1 Å². The van der Waals surface area contributed by atoms with Crippen LogP contribution in [-0.4, -0.2) is 17.4 Å². The second kappa shape index (κ2) is 6.29. The first kappa shape index (κ1) is 13.5. The Morgan fingerprint density at radius 2 is 2.00 bits per heavy atom. The van der Waals surface area contributed by atoms with E-state index in [4.69, 9.17) is 11.6 Å². The lowest BCUT2D eigenvalue weighted by atomic mass is 10.1. The van der Waals surface area contributed by atoms with Crippen molar-refractivity contribution in [2.45, 2.75) is 6.42 Å². The van der Waals surface area contributed by atoms with E-state index in [9.17, 15) is 9.18 Å². The van der Waals surface area contributed by atoms with E-state index in [0.29, 0.717) is 18.0 Å². The molecule has 1 aromatic heterocycles. The van der Waals surface area contributed by atoms with Crippen LogP contribution in [-0.2, 0) is 6.42 Å². The van der Waals surface area contributed by atoms with Gasteiger partial charge in [-0.15, -0.1) is 0 Å². The number of hydrogen-bond donors (Lipinski definition) is 1. The normalized spacial score (nSPS) is 10.2. The number of halogens is 2. The second-order valence-corrected chi connectivity index (χ2v) is 4.41. The molecule has 2 aromatic rings. The predicted molar refractivity (Wildman–Crippen MR) is 71.7 cm³/mol. The minimum atomic E-state index is -0.758. The van der Waals surface area contributed by atoms with Gasteiger partial charge in [0.1, 0.15) is 0 Å². The SMILES string of the molecule is O=C(NCCc1ccc(Cl)cc1)c1cccnc1F. The lowest BCUT2D eigenvalue weighted by Crippen LogP contribution is -2.26. The highest BCUT2D eigenvalue weighted by molar-refractivity contribution is 6.30. The summed E-state index contributed by atoms with van der Waals surface area (Å²) in [7, 11) is 0. The van der Waals surface area contributed by atoms with E-state index >= 15 is 0 Å². The number of carbonyl (C=O) groups excluding carboxylic acids is 1. The number of amides is 1. The average molecular weight is 279 g/mol. The van der Waals surface area contributed by atoms with Gasteiger partial charge in [0, 0.05) is 17.8 Å². The number of benzene rings is 1. The van der Waals surface area contributed by atoms with Crippen LogP contribution in [0.4, 0.5) is 4.39 Å². The molecule has 1 N–H and O–H groups in total. The van der Waals surface area contributed by atoms with Crippen molar-refractivity contribution in [3.63, 3.8) is 0 Å². The van der Waals surface area contributed by atoms with Gasteiger partial charge in [-0.2, -0.15) is 4.39 Å². The number of rotatable bonds is 4. The Balaban J connectivity index is 1.88. The Kier molecular flexibility index (Phi) is 4.47. The van der Waals surface area contributed by atoms with Gasteiger partial charge in [-0.05, 0) is 36.2 Å². The molecule has 1 heterocycles. The zero-order valence-electron chi connectivity index (χ0n) is 10.1. The summed E-state index contributed by atoms with van der Waals surface area (Å²) in [4.78, 5) is 15.1. The van der Waals surface area contributed by atoms with Crippen molar-refractivity contribution in [2.75, 3.05) is 6.54 Å². The van der Waals surface area contributed by atoms with E-state index in [1.807, 2.05) is 12.1 Å². The molecule has 2 rings (SSSR count). The molecular weight excluding hydrogens is 267 g/mol. The smallest absolute Gasteiger partial charge is 0.255 e. The van der Waals surface area contributed by atoms with Crippen molar-refractivity contribution in [2.24, 2.45) is 0 Å². The minimum Gasteiger partial charge on any atom is -0.352 e. The van der Waals surface area contributed by atoms with E-state index in [0.717, 1.165) is 5.56 Å². The standard InChI is InChI=1S/C14H12ClFN2O/c15-11-5-3-10(4-6-11)7-9-18-14(19)12-2-1-8-17-13(12)16/h1-6,8H,7,9H2,(H,18,19). The molecule has 0 radical (unpaired) electrons. The highest BCUT2D eigenvalue weighted by Gasteiger charge is 2.10. The first-order valence-electron chi connectivity index (χ1n) is 5.80. The molecule has 0 aliphatic rings. The summed E-state index contributed by atoms with van der Waals surface area (Å²) in [6.45, 7) is 0.425. The van der Waals surface area contributed by atoms with Gasteiger partial charge < -0.3 is 5.32 Å². The number of nitrogens with one attached hydrogen (secondary N) is 1. The third kappa shape index (κ3) is 3.76. The molecule has 1 amide bonds. The summed E-state index contributed by atoms with van der Waals surface area (Å²) in [6, 6.07) is 10.3. The Bertz CT molecular complexity index is 572. The number of aromatic nitrogens is 1. The van der Waals surface area contributed by atoms with Crippen LogP contribution in [0.2, 0.25) is 5.02 Å². The Morgan fingerprint density at radius 1 is 1.26 bits per heavy atom. The van der Waals surface area contributed by atoms with Crippen LogP contribution >= 0.6 is 11.6 Å². The first-order valence-corrected chi connectivity index (χ1v) is 6.18. The average Bonchev–Trinajstić information content (AvgIpc) is 2.41. The fraction of sp³-hybridized carbons (Fsp3) is 0.143. The molecule has 0 bridgehead atoms. The number of carbonyl (C=O) groups is 1. The Hall–Kier alpha value is -1.94. The fourth-order valence-corrected chi connectivity index (χ4v) is 1.75. The summed E-state index contributed by atoms with van der Waals surface area (Å²) in [5.41, 5.74) is 1.01. The molecule has 0 saturated heterocycles. The first-order chi connectivity index (χ1) is 9.16. The maximum atomic E-state index is 13.2. The molecule has 0 spiro atoms. The highest BCUT2D eigenvalue weighted by atomic mass is 35.5. The van der Waals surface area contributed by atoms with Crippen LogP contribution in [0.1, 0.15) is 15.9 Å². The molecule has 0 fully saturated rings. The van der Waals surface area contributed by atoms with Crippen molar-refractivity contribution in [1.29, 1.82) is 0 Å². The van der Waals surface area contributed by atoms with Gasteiger partial charge in [-0.3, -0.25) is 4.79 Å². The van der Waals surface area contributed by atoms with Crippen LogP contribution in [0.3, 0.4) is 0 Å². The number of pyridine rings is 1. The largest absolute Gasteiger partial charge is 0.352 e. The summed E-state index contributed by atoms with van der Waals surface area (Å²) in [5.74, 6) is -1.22. The summed E-state index contributed by atoms with van der Waals surface area (Å²) < 4.78 is 13.2. The maximum absolute atomic E-state index is 13.2. The van der Waals surface area contributed by atoms with E-state index in [-0.39, 0.29) is 5.56 Å². The second-order valence-electron chi connectivity index (χ2n) is 3.97. The summed E-state index contributed by atoms with van der Waals surface area (Å²) >= 11 is 5.78. The van der Waals surface area contributed by atoms with Gasteiger partial charge in [-0.25, -0.2) is 4.98 Å². The van der Waals surface area contributed by atoms with Crippen molar-refractivity contribution in [3.05, 3.63) is 64.7 Å². The summed E-state index contributed by atoms with van der Waals surface area (Å²) in [6.07, 6.45) is 1.96. The zero-order valence-corrected chi connectivity index (χ0v) is 10.8. The lowest BCUT2D eigenvalue weighted by Gasteiger charge is -2.05. The topological polar surface area (TPSA) is 42.0 Å². The molecule has 19 heavy (non-hydrogen) atoms. The van der Waals surface area contributed by atoms with Crippen molar-refractivity contribution >= 4 is 17.5 Å². The molecule has 3 nitrogen and oxygen atoms in total.